The lowest BCUT2D eigenvalue weighted by Gasteiger charge is -2.06. The molecule has 2 aromatic carbocycles. The van der Waals surface area contributed by atoms with E-state index in [1.165, 1.54) is 43.6 Å². The Labute approximate surface area is 153 Å². The second-order valence-electron chi connectivity index (χ2n) is 5.86. The van der Waals surface area contributed by atoms with Gasteiger partial charge in [-0.1, -0.05) is 31.0 Å². The second-order valence-corrected chi connectivity index (χ2v) is 5.86. The van der Waals surface area contributed by atoms with Gasteiger partial charge in [-0.05, 0) is 36.5 Å². The van der Waals surface area contributed by atoms with Crippen molar-refractivity contribution in [2.75, 3.05) is 0 Å². The summed E-state index contributed by atoms with van der Waals surface area (Å²) in [5.41, 5.74) is 0.672. The van der Waals surface area contributed by atoms with Crippen LogP contribution in [0.25, 0.3) is 11.1 Å². The van der Waals surface area contributed by atoms with Gasteiger partial charge in [-0.15, -0.1) is 0 Å². The molecule has 0 spiro atoms. The Morgan fingerprint density at radius 1 is 0.815 bits per heavy atom. The molecule has 0 radical (unpaired) electrons. The Bertz CT molecular complexity index is 1060. The molecule has 0 saturated heterocycles. The largest absolute Gasteiger partial charge is 0.229 e. The molecule has 1 heterocycles. The Hall–Kier alpha value is -3.20. The van der Waals surface area contributed by atoms with Crippen molar-refractivity contribution in [3.05, 3.63) is 82.4 Å². The average molecular weight is 370 g/mol. The van der Waals surface area contributed by atoms with E-state index in [9.17, 15) is 17.6 Å². The van der Waals surface area contributed by atoms with Crippen molar-refractivity contribution < 1.29 is 17.6 Å². The maximum atomic E-state index is 14.2. The zero-order valence-corrected chi connectivity index (χ0v) is 14.6. The molecule has 0 atom stereocenters. The number of aromatic nitrogens is 2. The molecule has 0 aliphatic rings. The van der Waals surface area contributed by atoms with Gasteiger partial charge in [0.1, 0.15) is 0 Å². The van der Waals surface area contributed by atoms with Gasteiger partial charge in [0.25, 0.3) is 0 Å². The van der Waals surface area contributed by atoms with Crippen LogP contribution in [0.3, 0.4) is 0 Å². The van der Waals surface area contributed by atoms with Crippen LogP contribution in [0, 0.1) is 42.0 Å². The van der Waals surface area contributed by atoms with Gasteiger partial charge in [-0.2, -0.15) is 0 Å². The van der Waals surface area contributed by atoms with Gasteiger partial charge in [0.15, 0.2) is 23.3 Å². The minimum absolute atomic E-state index is 0.0378. The smallest absolute Gasteiger partial charge is 0.205 e. The highest BCUT2D eigenvalue weighted by Gasteiger charge is 2.14. The zero-order chi connectivity index (χ0) is 19.6. The Kier molecular flexibility index (Phi) is 5.22. The van der Waals surface area contributed by atoms with E-state index in [1.54, 1.807) is 6.92 Å². The van der Waals surface area contributed by atoms with Crippen LogP contribution < -0.4 is 0 Å². The first kappa shape index (κ1) is 18.6. The summed E-state index contributed by atoms with van der Waals surface area (Å²) in [7, 11) is 0. The molecule has 0 aliphatic heterocycles. The fourth-order valence-electron chi connectivity index (χ4n) is 2.48. The second kappa shape index (κ2) is 7.58. The molecule has 0 saturated carbocycles. The molecule has 0 bridgehead atoms. The molecule has 2 nitrogen and oxygen atoms in total. The molecule has 27 heavy (non-hydrogen) atoms. The minimum atomic E-state index is -1.03. The van der Waals surface area contributed by atoms with E-state index < -0.39 is 23.3 Å². The summed E-state index contributed by atoms with van der Waals surface area (Å²) in [4.78, 5) is 7.93. The number of hydrogen-bond donors (Lipinski definition) is 0. The Morgan fingerprint density at radius 2 is 1.52 bits per heavy atom. The van der Waals surface area contributed by atoms with Crippen molar-refractivity contribution in [2.24, 2.45) is 0 Å². The first-order valence-electron chi connectivity index (χ1n) is 8.18. The van der Waals surface area contributed by atoms with Crippen LogP contribution >= 0.6 is 0 Å². The van der Waals surface area contributed by atoms with Crippen LogP contribution in [0.15, 0.2) is 36.7 Å². The Balaban J connectivity index is 1.90. The quantitative estimate of drug-likeness (QED) is 0.470. The van der Waals surface area contributed by atoms with Gasteiger partial charge < -0.3 is 0 Å². The van der Waals surface area contributed by atoms with Crippen molar-refractivity contribution in [1.29, 1.82) is 0 Å². The number of hydrogen-bond acceptors (Lipinski definition) is 2. The van der Waals surface area contributed by atoms with Crippen LogP contribution in [0.1, 0.15) is 29.4 Å². The average Bonchev–Trinajstić information content (AvgIpc) is 2.68. The maximum Gasteiger partial charge on any atom is 0.205 e. The van der Waals surface area contributed by atoms with E-state index >= 15 is 0 Å². The molecule has 6 heteroatoms. The first-order chi connectivity index (χ1) is 12.9. The van der Waals surface area contributed by atoms with Gasteiger partial charge in [-0.25, -0.2) is 27.5 Å². The topological polar surface area (TPSA) is 25.8 Å². The van der Waals surface area contributed by atoms with Gasteiger partial charge in [0, 0.05) is 23.5 Å². The van der Waals surface area contributed by atoms with E-state index in [-0.39, 0.29) is 33.6 Å². The third kappa shape index (κ3) is 3.68. The molecular weight excluding hydrogens is 356 g/mol. The van der Waals surface area contributed by atoms with E-state index in [4.69, 9.17) is 0 Å². The summed E-state index contributed by atoms with van der Waals surface area (Å²) >= 11 is 0. The zero-order valence-electron chi connectivity index (χ0n) is 14.6. The van der Waals surface area contributed by atoms with Crippen LogP contribution in [0.2, 0.25) is 0 Å². The first-order valence-corrected chi connectivity index (χ1v) is 8.18. The fraction of sp³-hybridized carbons (Fsp3) is 0.143. The van der Waals surface area contributed by atoms with E-state index in [0.717, 1.165) is 0 Å². The molecule has 3 rings (SSSR count). The predicted octanol–water partition coefficient (Wildman–Crippen LogP) is 4.97. The van der Waals surface area contributed by atoms with E-state index in [1.807, 2.05) is 0 Å². The number of nitrogens with zero attached hydrogens (tertiary/aromatic N) is 2. The summed E-state index contributed by atoms with van der Waals surface area (Å²) in [6.45, 7) is 3.18. The molecule has 0 aliphatic carbocycles. The summed E-state index contributed by atoms with van der Waals surface area (Å²) in [5.74, 6) is 1.20. The summed E-state index contributed by atoms with van der Waals surface area (Å²) in [6, 6.07) is 5.76. The van der Waals surface area contributed by atoms with Gasteiger partial charge in [-0.3, -0.25) is 0 Å². The lowest BCUT2D eigenvalue weighted by Crippen LogP contribution is -1.97. The van der Waals surface area contributed by atoms with E-state index in [0.29, 0.717) is 6.42 Å². The summed E-state index contributed by atoms with van der Waals surface area (Å²) < 4.78 is 55.5. The monoisotopic (exact) mass is 370 g/mol. The minimum Gasteiger partial charge on any atom is -0.229 e. The molecule has 1 aromatic heterocycles. The number of halogens is 4. The standard InChI is InChI=1S/C21H14F4N2/c1-3-13-6-8-16(21(25)19(13)23)15-10-26-17(27-11-15)9-7-14-5-4-12(2)18(22)20(14)24/h4-6,8,10-11H,3H2,1-2H3. The lowest BCUT2D eigenvalue weighted by atomic mass is 10.0. The van der Waals surface area contributed by atoms with Crippen molar-refractivity contribution in [1.82, 2.24) is 9.97 Å². The number of benzene rings is 2. The molecule has 0 fully saturated rings. The van der Waals surface area contributed by atoms with Gasteiger partial charge in [0.2, 0.25) is 5.82 Å². The fourth-order valence-corrected chi connectivity index (χ4v) is 2.48. The van der Waals surface area contributed by atoms with E-state index in [2.05, 4.69) is 21.8 Å². The number of aryl methyl sites for hydroxylation is 2. The van der Waals surface area contributed by atoms with Gasteiger partial charge in [0.05, 0.1) is 5.56 Å². The highest BCUT2D eigenvalue weighted by molar-refractivity contribution is 5.63. The SMILES string of the molecule is CCc1ccc(-c2cnc(C#Cc3ccc(C)c(F)c3F)nc2)c(F)c1F. The highest BCUT2D eigenvalue weighted by atomic mass is 19.2. The van der Waals surface area contributed by atoms with Crippen molar-refractivity contribution in [2.45, 2.75) is 20.3 Å². The number of rotatable bonds is 2. The van der Waals surface area contributed by atoms with Crippen molar-refractivity contribution >= 4 is 0 Å². The maximum absolute atomic E-state index is 14.2. The molecule has 0 amide bonds. The third-order valence-corrected chi connectivity index (χ3v) is 4.09. The van der Waals surface area contributed by atoms with Crippen molar-refractivity contribution in [3.63, 3.8) is 0 Å². The lowest BCUT2D eigenvalue weighted by molar-refractivity contribution is 0.501. The molecule has 0 unspecified atom stereocenters. The summed E-state index contributed by atoms with van der Waals surface area (Å²) in [5, 5.41) is 0. The van der Waals surface area contributed by atoms with Crippen LogP contribution in [-0.4, -0.2) is 9.97 Å². The van der Waals surface area contributed by atoms with Crippen molar-refractivity contribution in [3.8, 4) is 23.0 Å². The molecule has 0 N–H and O–H groups in total. The van der Waals surface area contributed by atoms with Crippen LogP contribution in [-0.2, 0) is 6.42 Å². The predicted molar refractivity (Wildman–Crippen MR) is 93.8 cm³/mol. The third-order valence-electron chi connectivity index (χ3n) is 4.09. The van der Waals surface area contributed by atoms with Gasteiger partial charge >= 0.3 is 0 Å². The molecular formula is C21H14F4N2. The summed E-state index contributed by atoms with van der Waals surface area (Å²) in [6.07, 6.45) is 2.98. The molecule has 136 valence electrons. The van der Waals surface area contributed by atoms with Crippen LogP contribution in [0.5, 0.6) is 0 Å². The van der Waals surface area contributed by atoms with Crippen LogP contribution in [0.4, 0.5) is 17.6 Å². The molecule has 3 aromatic rings. The Morgan fingerprint density at radius 3 is 2.19 bits per heavy atom. The normalized spacial score (nSPS) is 10.4. The highest BCUT2D eigenvalue weighted by Crippen LogP contribution is 2.25.